The zero-order valence-electron chi connectivity index (χ0n) is 14.4. The Labute approximate surface area is 174 Å². The molecule has 0 radical (unpaired) electrons. The van der Waals surface area contributed by atoms with E-state index in [9.17, 15) is 4.79 Å². The molecular weight excluding hydrogens is 471 g/mol. The molecule has 0 aliphatic carbocycles. The predicted octanol–water partition coefficient (Wildman–Crippen LogP) is 2.34. The molecule has 4 N–H and O–H groups in total. The van der Waals surface area contributed by atoms with Crippen LogP contribution in [0.1, 0.15) is 26.2 Å². The number of nitrogens with zero attached hydrogens (tertiary/aromatic N) is 3. The number of carbonyl (C=O) groups excluding carboxylic acids is 1. The van der Waals surface area contributed by atoms with Gasteiger partial charge in [-0.2, -0.15) is 0 Å². The molecule has 1 saturated heterocycles. The highest BCUT2D eigenvalue weighted by Crippen LogP contribution is 2.20. The zero-order chi connectivity index (χ0) is 17.2. The molecule has 0 aromatic carbocycles. The molecule has 1 aromatic rings. The molecule has 2 heterocycles. The van der Waals surface area contributed by atoms with E-state index in [0.717, 1.165) is 48.4 Å². The summed E-state index contributed by atoms with van der Waals surface area (Å²) in [6, 6.07) is 0.00912. The molecule has 1 fully saturated rings. The largest absolute Gasteiger partial charge is 0.357 e. The van der Waals surface area contributed by atoms with E-state index in [2.05, 4.69) is 27.5 Å². The van der Waals surface area contributed by atoms with Gasteiger partial charge in [-0.05, 0) is 26.2 Å². The molecule has 142 valence electrons. The third kappa shape index (κ3) is 8.45. The lowest BCUT2D eigenvalue weighted by atomic mass is 10.1. The van der Waals surface area contributed by atoms with Crippen molar-refractivity contribution in [2.45, 2.75) is 36.6 Å². The lowest BCUT2D eigenvalue weighted by Gasteiger charge is -2.32. The number of rotatable bonds is 7. The van der Waals surface area contributed by atoms with Crippen molar-refractivity contribution in [3.63, 3.8) is 0 Å². The van der Waals surface area contributed by atoms with Crippen LogP contribution >= 0.6 is 47.1 Å². The summed E-state index contributed by atoms with van der Waals surface area (Å²) < 4.78 is 1.12. The van der Waals surface area contributed by atoms with Crippen molar-refractivity contribution >= 4 is 59.1 Å². The highest BCUT2D eigenvalue weighted by atomic mass is 127. The number of hydrogen-bond acceptors (Lipinski definition) is 5. The molecule has 7 nitrogen and oxygen atoms in total. The monoisotopic (exact) mass is 498 g/mol. The molecule has 0 saturated carbocycles. The van der Waals surface area contributed by atoms with E-state index >= 15 is 0 Å². The van der Waals surface area contributed by atoms with Gasteiger partial charge >= 0.3 is 6.03 Å². The maximum atomic E-state index is 11.2. The first-order chi connectivity index (χ1) is 11.7. The number of aliphatic imine (C=N–C) groups is 1. The number of aromatic nitrogens is 1. The van der Waals surface area contributed by atoms with Crippen molar-refractivity contribution in [2.75, 3.05) is 31.9 Å². The molecule has 0 unspecified atom stereocenters. The Morgan fingerprint density at radius 1 is 1.52 bits per heavy atom. The van der Waals surface area contributed by atoms with Crippen LogP contribution in [0.5, 0.6) is 0 Å². The van der Waals surface area contributed by atoms with Crippen LogP contribution in [0, 0.1) is 0 Å². The van der Waals surface area contributed by atoms with Crippen molar-refractivity contribution < 1.29 is 4.79 Å². The van der Waals surface area contributed by atoms with E-state index in [1.807, 2.05) is 11.6 Å². The van der Waals surface area contributed by atoms with E-state index in [0.29, 0.717) is 19.1 Å². The molecule has 25 heavy (non-hydrogen) atoms. The summed E-state index contributed by atoms with van der Waals surface area (Å²) >= 11 is 3.45. The highest BCUT2D eigenvalue weighted by molar-refractivity contribution is 14.0. The maximum absolute atomic E-state index is 11.2. The van der Waals surface area contributed by atoms with Gasteiger partial charge in [-0.3, -0.25) is 4.99 Å². The van der Waals surface area contributed by atoms with Crippen LogP contribution in [0.15, 0.2) is 20.9 Å². The lowest BCUT2D eigenvalue weighted by molar-refractivity contribution is 0.188. The smallest absolute Gasteiger partial charge is 0.314 e. The van der Waals surface area contributed by atoms with Crippen LogP contribution in [0.3, 0.4) is 0 Å². The van der Waals surface area contributed by atoms with E-state index in [4.69, 9.17) is 5.73 Å². The van der Waals surface area contributed by atoms with Crippen molar-refractivity contribution in [3.05, 3.63) is 11.6 Å². The summed E-state index contributed by atoms with van der Waals surface area (Å²) in [5.74, 6) is 1.88. The molecule has 0 spiro atoms. The minimum atomic E-state index is -0.327. The average Bonchev–Trinajstić information content (AvgIpc) is 3.08. The first-order valence-electron chi connectivity index (χ1n) is 8.30. The molecule has 0 bridgehead atoms. The van der Waals surface area contributed by atoms with Gasteiger partial charge in [-0.1, -0.05) is 11.8 Å². The summed E-state index contributed by atoms with van der Waals surface area (Å²) in [5, 5.41) is 8.75. The fourth-order valence-electron chi connectivity index (χ4n) is 2.45. The van der Waals surface area contributed by atoms with Gasteiger partial charge in [0.2, 0.25) is 0 Å². The number of halogens is 1. The van der Waals surface area contributed by atoms with Gasteiger partial charge in [-0.25, -0.2) is 9.78 Å². The topological polar surface area (TPSA) is 95.6 Å². The van der Waals surface area contributed by atoms with E-state index in [1.54, 1.807) is 28.0 Å². The van der Waals surface area contributed by atoms with Crippen LogP contribution in [-0.2, 0) is 0 Å². The molecular formula is C15H27IN6OS2. The Hall–Kier alpha value is -0.750. The number of piperidine rings is 1. The van der Waals surface area contributed by atoms with Gasteiger partial charge in [-0.15, -0.1) is 35.3 Å². The molecule has 1 aromatic heterocycles. The normalized spacial score (nSPS) is 15.6. The zero-order valence-corrected chi connectivity index (χ0v) is 18.4. The van der Waals surface area contributed by atoms with Gasteiger partial charge in [0.1, 0.15) is 4.34 Å². The average molecular weight is 498 g/mol. The van der Waals surface area contributed by atoms with Gasteiger partial charge in [0.25, 0.3) is 0 Å². The van der Waals surface area contributed by atoms with Crippen LogP contribution < -0.4 is 16.4 Å². The third-order valence-electron chi connectivity index (χ3n) is 3.70. The van der Waals surface area contributed by atoms with Crippen LogP contribution in [0.4, 0.5) is 4.79 Å². The first-order valence-corrected chi connectivity index (χ1v) is 10.2. The minimum absolute atomic E-state index is 0. The van der Waals surface area contributed by atoms with Gasteiger partial charge in [0.15, 0.2) is 5.96 Å². The van der Waals surface area contributed by atoms with E-state index < -0.39 is 0 Å². The molecule has 0 atom stereocenters. The summed E-state index contributed by atoms with van der Waals surface area (Å²) in [5.41, 5.74) is 5.32. The van der Waals surface area contributed by atoms with Gasteiger partial charge in [0, 0.05) is 49.6 Å². The van der Waals surface area contributed by atoms with Crippen LogP contribution in [0.25, 0.3) is 0 Å². The number of nitrogens with two attached hydrogens (primary N) is 1. The number of urea groups is 1. The second kappa shape index (κ2) is 12.6. The number of primary amides is 1. The molecule has 1 aliphatic rings. The fourth-order valence-corrected chi connectivity index (χ4v) is 4.09. The summed E-state index contributed by atoms with van der Waals surface area (Å²) in [6.07, 6.45) is 4.64. The second-order valence-corrected chi connectivity index (χ2v) is 7.74. The Bertz CT molecular complexity index is 520. The fraction of sp³-hybridized carbons (Fsp3) is 0.667. The summed E-state index contributed by atoms with van der Waals surface area (Å²) in [7, 11) is 0. The maximum Gasteiger partial charge on any atom is 0.314 e. The lowest BCUT2D eigenvalue weighted by Crippen LogP contribution is -2.50. The molecule has 1 aliphatic heterocycles. The SMILES string of the molecule is CCNC(=NCCCSc1nccs1)NC1CCN(C(N)=O)CC1.I. The van der Waals surface area contributed by atoms with E-state index in [-0.39, 0.29) is 30.0 Å². The highest BCUT2D eigenvalue weighted by Gasteiger charge is 2.21. The molecule has 10 heteroatoms. The second-order valence-electron chi connectivity index (χ2n) is 5.50. The summed E-state index contributed by atoms with van der Waals surface area (Å²) in [6.45, 7) is 5.09. The third-order valence-corrected chi connectivity index (χ3v) is 5.75. The standard InChI is InChI=1S/C15H26N6OS2.HI/c1-2-17-14(18-6-3-10-23-15-19-7-11-24-15)20-12-4-8-21(9-5-12)13(16)22;/h7,11-12H,2-6,8-10H2,1H3,(H2,16,22)(H2,17,18,20);1H. The number of nitrogens with one attached hydrogen (secondary N) is 2. The van der Waals surface area contributed by atoms with Crippen LogP contribution in [-0.4, -0.2) is 59.8 Å². The minimum Gasteiger partial charge on any atom is -0.357 e. The number of amides is 2. The quantitative estimate of drug-likeness (QED) is 0.176. The Balaban J connectivity index is 0.00000312. The number of likely N-dealkylation sites (tertiary alicyclic amines) is 1. The summed E-state index contributed by atoms with van der Waals surface area (Å²) in [4.78, 5) is 21.8. The van der Waals surface area contributed by atoms with Gasteiger partial charge in [0.05, 0.1) is 0 Å². The number of carbonyl (C=O) groups is 1. The number of hydrogen-bond donors (Lipinski definition) is 3. The van der Waals surface area contributed by atoms with Crippen LogP contribution in [0.2, 0.25) is 0 Å². The molecule has 2 amide bonds. The van der Waals surface area contributed by atoms with Crippen molar-refractivity contribution in [3.8, 4) is 0 Å². The molecule has 2 rings (SSSR count). The Kier molecular flexibility index (Phi) is 11.2. The first kappa shape index (κ1) is 22.3. The predicted molar refractivity (Wildman–Crippen MR) is 116 cm³/mol. The Morgan fingerprint density at radius 2 is 2.28 bits per heavy atom. The van der Waals surface area contributed by atoms with Crippen molar-refractivity contribution in [1.29, 1.82) is 0 Å². The van der Waals surface area contributed by atoms with Gasteiger partial charge < -0.3 is 21.3 Å². The Morgan fingerprint density at radius 3 is 2.88 bits per heavy atom. The number of guanidine groups is 1. The van der Waals surface area contributed by atoms with Crippen molar-refractivity contribution in [2.24, 2.45) is 10.7 Å². The van der Waals surface area contributed by atoms with Crippen molar-refractivity contribution in [1.82, 2.24) is 20.5 Å². The number of thioether (sulfide) groups is 1. The van der Waals surface area contributed by atoms with E-state index in [1.165, 1.54) is 0 Å². The number of thiazole rings is 1.